The second-order valence-corrected chi connectivity index (χ2v) is 8.27. The van der Waals surface area contributed by atoms with E-state index in [2.05, 4.69) is 69.3 Å². The molecular weight excluding hydrogens is 336 g/mol. The smallest absolute Gasteiger partial charge is 0.0314 e. The highest BCUT2D eigenvalue weighted by Crippen LogP contribution is 2.30. The Morgan fingerprint density at radius 2 is 0.929 bits per heavy atom. The quantitative estimate of drug-likeness (QED) is 0.289. The van der Waals surface area contributed by atoms with Gasteiger partial charge in [0.2, 0.25) is 0 Å². The molecule has 0 fully saturated rings. The molecule has 0 aliphatic rings. The molecule has 2 rings (SSSR count). The van der Waals surface area contributed by atoms with Crippen molar-refractivity contribution >= 4 is 0 Å². The van der Waals surface area contributed by atoms with Crippen molar-refractivity contribution in [2.75, 3.05) is 0 Å². The van der Waals surface area contributed by atoms with Gasteiger partial charge in [-0.3, -0.25) is 0 Å². The molecule has 0 saturated heterocycles. The fourth-order valence-corrected chi connectivity index (χ4v) is 4.19. The Hall–Kier alpha value is -1.56. The van der Waals surface area contributed by atoms with Crippen molar-refractivity contribution < 1.29 is 0 Å². The summed E-state index contributed by atoms with van der Waals surface area (Å²) in [5.41, 5.74) is 5.95. The van der Waals surface area contributed by atoms with E-state index >= 15 is 0 Å². The van der Waals surface area contributed by atoms with Crippen LogP contribution in [0.2, 0.25) is 0 Å². The average molecular weight is 378 g/mol. The van der Waals surface area contributed by atoms with Crippen LogP contribution in [0.1, 0.15) is 107 Å². The first-order valence-corrected chi connectivity index (χ1v) is 11.8. The van der Waals surface area contributed by atoms with Gasteiger partial charge in [-0.2, -0.15) is 0 Å². The van der Waals surface area contributed by atoms with Crippen LogP contribution in [-0.2, 0) is 12.8 Å². The van der Waals surface area contributed by atoms with Crippen molar-refractivity contribution in [2.24, 2.45) is 0 Å². The van der Waals surface area contributed by atoms with Gasteiger partial charge in [-0.15, -0.1) is 0 Å². The van der Waals surface area contributed by atoms with E-state index in [1.54, 1.807) is 0 Å². The summed E-state index contributed by atoms with van der Waals surface area (Å²) < 4.78 is 0. The van der Waals surface area contributed by atoms with E-state index in [0.29, 0.717) is 0 Å². The van der Waals surface area contributed by atoms with E-state index in [1.807, 2.05) is 0 Å². The molecule has 0 N–H and O–H groups in total. The van der Waals surface area contributed by atoms with Gasteiger partial charge in [-0.1, -0.05) is 121 Å². The maximum Gasteiger partial charge on any atom is 0.0314 e. The van der Waals surface area contributed by atoms with Crippen LogP contribution in [0.15, 0.2) is 48.5 Å². The molecule has 0 amide bonds. The van der Waals surface area contributed by atoms with Gasteiger partial charge in [-0.05, 0) is 47.9 Å². The third-order valence-electron chi connectivity index (χ3n) is 5.94. The molecular formula is C28H41. The predicted octanol–water partition coefficient (Wildman–Crippen LogP) is 8.70. The molecule has 0 unspecified atom stereocenters. The molecule has 2 aromatic rings. The Morgan fingerprint density at radius 1 is 0.536 bits per heavy atom. The summed E-state index contributed by atoms with van der Waals surface area (Å²) in [4.78, 5) is 0. The summed E-state index contributed by atoms with van der Waals surface area (Å²) in [5, 5.41) is 0. The lowest BCUT2D eigenvalue weighted by Gasteiger charge is -2.20. The molecule has 0 spiro atoms. The second-order valence-electron chi connectivity index (χ2n) is 8.27. The minimum atomic E-state index is 1.20. The number of hydrogen-bond acceptors (Lipinski definition) is 0. The van der Waals surface area contributed by atoms with Crippen LogP contribution >= 0.6 is 0 Å². The van der Waals surface area contributed by atoms with Crippen LogP contribution in [-0.4, -0.2) is 0 Å². The Labute approximate surface area is 174 Å². The van der Waals surface area contributed by atoms with E-state index < -0.39 is 0 Å². The molecule has 153 valence electrons. The largest absolute Gasteiger partial charge is 0.0654 e. The van der Waals surface area contributed by atoms with Gasteiger partial charge in [-0.25, -0.2) is 0 Å². The van der Waals surface area contributed by atoms with Crippen molar-refractivity contribution in [3.05, 3.63) is 76.7 Å². The summed E-state index contributed by atoms with van der Waals surface area (Å²) in [6.07, 6.45) is 15.9. The van der Waals surface area contributed by atoms with Crippen molar-refractivity contribution in [1.82, 2.24) is 0 Å². The van der Waals surface area contributed by atoms with Crippen LogP contribution in [0.4, 0.5) is 0 Å². The number of unbranched alkanes of at least 4 members (excludes halogenated alkanes) is 8. The zero-order valence-corrected chi connectivity index (χ0v) is 18.6. The minimum absolute atomic E-state index is 1.20. The van der Waals surface area contributed by atoms with Gasteiger partial charge >= 0.3 is 0 Å². The standard InChI is InChI=1S/C28H41/c1-4-6-8-10-11-13-19-26-21-15-17-23-28(26)24(3)27-22-16-14-20-25(27)18-12-9-7-5-2/h14-17,20-23H,4-13,18-19H2,1-3H3. The van der Waals surface area contributed by atoms with Gasteiger partial charge in [0.15, 0.2) is 0 Å². The molecule has 0 bridgehead atoms. The Kier molecular flexibility index (Phi) is 11.0. The summed E-state index contributed by atoms with van der Waals surface area (Å²) >= 11 is 0. The van der Waals surface area contributed by atoms with Crippen LogP contribution in [0.5, 0.6) is 0 Å². The molecule has 0 aliphatic heterocycles. The van der Waals surface area contributed by atoms with Crippen molar-refractivity contribution in [3.63, 3.8) is 0 Å². The highest BCUT2D eigenvalue weighted by molar-refractivity contribution is 5.51. The molecule has 28 heavy (non-hydrogen) atoms. The normalized spacial score (nSPS) is 11.3. The fourth-order valence-electron chi connectivity index (χ4n) is 4.19. The molecule has 0 nitrogen and oxygen atoms in total. The van der Waals surface area contributed by atoms with Gasteiger partial charge in [0.25, 0.3) is 0 Å². The highest BCUT2D eigenvalue weighted by atomic mass is 14.2. The number of benzene rings is 2. The lowest BCUT2D eigenvalue weighted by atomic mass is 9.84. The molecule has 0 aliphatic carbocycles. The molecule has 0 heterocycles. The molecule has 0 atom stereocenters. The summed E-state index contributed by atoms with van der Waals surface area (Å²) in [6.45, 7) is 6.90. The van der Waals surface area contributed by atoms with Gasteiger partial charge in [0.05, 0.1) is 0 Å². The third-order valence-corrected chi connectivity index (χ3v) is 5.94. The predicted molar refractivity (Wildman–Crippen MR) is 125 cm³/mol. The number of aryl methyl sites for hydroxylation is 2. The van der Waals surface area contributed by atoms with Gasteiger partial charge in [0, 0.05) is 5.92 Å². The Balaban J connectivity index is 2.03. The number of rotatable bonds is 14. The molecule has 2 aromatic carbocycles. The molecule has 0 heteroatoms. The van der Waals surface area contributed by atoms with Gasteiger partial charge in [0.1, 0.15) is 0 Å². The first kappa shape index (κ1) is 22.7. The van der Waals surface area contributed by atoms with E-state index in [9.17, 15) is 0 Å². The first-order valence-electron chi connectivity index (χ1n) is 11.8. The van der Waals surface area contributed by atoms with E-state index in [4.69, 9.17) is 0 Å². The van der Waals surface area contributed by atoms with Crippen LogP contribution in [0.3, 0.4) is 0 Å². The Morgan fingerprint density at radius 3 is 1.43 bits per heavy atom. The molecule has 0 saturated carbocycles. The van der Waals surface area contributed by atoms with Crippen molar-refractivity contribution in [2.45, 2.75) is 97.8 Å². The van der Waals surface area contributed by atoms with E-state index in [0.717, 1.165) is 0 Å². The van der Waals surface area contributed by atoms with Crippen LogP contribution in [0, 0.1) is 5.92 Å². The second kappa shape index (κ2) is 13.6. The lowest BCUT2D eigenvalue weighted by molar-refractivity contribution is 0.607. The summed E-state index contributed by atoms with van der Waals surface area (Å²) in [5.74, 6) is 1.45. The van der Waals surface area contributed by atoms with Crippen molar-refractivity contribution in [3.8, 4) is 0 Å². The fraction of sp³-hybridized carbons (Fsp3) is 0.536. The van der Waals surface area contributed by atoms with Crippen molar-refractivity contribution in [1.29, 1.82) is 0 Å². The first-order chi connectivity index (χ1) is 13.8. The minimum Gasteiger partial charge on any atom is -0.0654 e. The molecule has 0 aromatic heterocycles. The summed E-state index contributed by atoms with van der Waals surface area (Å²) in [6, 6.07) is 18.1. The Bertz CT molecular complexity index is 655. The van der Waals surface area contributed by atoms with Crippen LogP contribution < -0.4 is 0 Å². The summed E-state index contributed by atoms with van der Waals surface area (Å²) in [7, 11) is 0. The maximum absolute atomic E-state index is 2.34. The lowest BCUT2D eigenvalue weighted by Crippen LogP contribution is -2.05. The maximum atomic E-state index is 2.34. The highest BCUT2D eigenvalue weighted by Gasteiger charge is 2.16. The third kappa shape index (κ3) is 7.46. The molecule has 1 radical (unpaired) electrons. The zero-order valence-electron chi connectivity index (χ0n) is 18.6. The van der Waals surface area contributed by atoms with Crippen LogP contribution in [0.25, 0.3) is 0 Å². The number of hydrogen-bond donors (Lipinski definition) is 0. The SMILES string of the molecule is CCCCCCCCc1ccccc1[C](C)c1ccccc1CCCCCC. The van der Waals surface area contributed by atoms with E-state index in [1.165, 1.54) is 105 Å². The van der Waals surface area contributed by atoms with Gasteiger partial charge < -0.3 is 0 Å². The zero-order chi connectivity index (χ0) is 20.0. The monoisotopic (exact) mass is 377 g/mol. The van der Waals surface area contributed by atoms with E-state index in [-0.39, 0.29) is 0 Å². The average Bonchev–Trinajstić information content (AvgIpc) is 2.74. The topological polar surface area (TPSA) is 0 Å².